The van der Waals surface area contributed by atoms with Crippen molar-refractivity contribution >= 4 is 17.9 Å². The molecule has 0 bridgehead atoms. The van der Waals surface area contributed by atoms with Crippen molar-refractivity contribution < 1.29 is 38.2 Å². The van der Waals surface area contributed by atoms with Gasteiger partial charge in [-0.3, -0.25) is 9.59 Å². The fourth-order valence-corrected chi connectivity index (χ4v) is 5.49. The largest absolute Gasteiger partial charge is 0.544 e. The number of likely N-dealkylation sites (N-methyl/N-ethyl adjacent to an activating group) is 1. The number of carboxylic acids is 1. The average molecular weight is 680 g/mol. The Kier molecular flexibility index (Phi) is 30.6. The lowest BCUT2D eigenvalue weighted by Crippen LogP contribution is -2.55. The maximum absolute atomic E-state index is 12.6. The minimum atomic E-state index is -1.13. The van der Waals surface area contributed by atoms with Gasteiger partial charge in [-0.1, -0.05) is 115 Å². The zero-order chi connectivity index (χ0) is 35.7. The van der Waals surface area contributed by atoms with Gasteiger partial charge in [-0.15, -0.1) is 0 Å². The Bertz CT molecular complexity index is 849. The molecule has 0 radical (unpaired) electrons. The van der Waals surface area contributed by atoms with Crippen LogP contribution in [0.15, 0.2) is 24.3 Å². The molecule has 0 aliphatic carbocycles. The molecule has 0 fully saturated rings. The number of carboxylic acid groups (broad SMARTS) is 1. The van der Waals surface area contributed by atoms with Gasteiger partial charge in [-0.05, 0) is 51.4 Å². The quantitative estimate of drug-likeness (QED) is 0.0291. The van der Waals surface area contributed by atoms with E-state index in [0.717, 1.165) is 32.1 Å². The number of carbonyl (C=O) groups excluding carboxylic acids is 3. The molecule has 0 N–H and O–H groups in total. The summed E-state index contributed by atoms with van der Waals surface area (Å²) in [4.78, 5) is 36.5. The third-order valence-electron chi connectivity index (χ3n) is 8.57. The first kappa shape index (κ1) is 45.8. The van der Waals surface area contributed by atoms with Gasteiger partial charge in [0.1, 0.15) is 12.6 Å². The van der Waals surface area contributed by atoms with Crippen LogP contribution in [0.3, 0.4) is 0 Å². The van der Waals surface area contributed by atoms with Crippen molar-refractivity contribution in [3.8, 4) is 0 Å². The number of nitrogens with zero attached hydrogens (tertiary/aromatic N) is 1. The molecule has 0 heterocycles. The Morgan fingerprint density at radius 3 is 1.62 bits per heavy atom. The highest BCUT2D eigenvalue weighted by Crippen LogP contribution is 2.13. The first-order valence-corrected chi connectivity index (χ1v) is 19.4. The monoisotopic (exact) mass is 680 g/mol. The van der Waals surface area contributed by atoms with Crippen LogP contribution in [-0.2, 0) is 28.6 Å². The Labute approximate surface area is 294 Å². The van der Waals surface area contributed by atoms with E-state index in [1.807, 2.05) is 6.08 Å². The summed E-state index contributed by atoms with van der Waals surface area (Å²) in [6.07, 6.45) is 32.3. The summed E-state index contributed by atoms with van der Waals surface area (Å²) < 4.78 is 17.0. The standard InChI is InChI=1S/C40H73NO7/c1-6-8-10-12-14-15-16-17-18-19-20-21-22-23-25-27-29-31-39(43)48-36(34-46-33-32-37(40(44)45)41(3,4)5)35-47-38(42)30-28-26-24-13-11-9-7-2/h17-18,24,26,36-37H,6-16,19-23,25,27-35H2,1-5H3/b18-17+,26-24+. The van der Waals surface area contributed by atoms with Crippen LogP contribution in [-0.4, -0.2) is 75.5 Å². The van der Waals surface area contributed by atoms with E-state index in [0.29, 0.717) is 12.8 Å². The van der Waals surface area contributed by atoms with Crippen LogP contribution in [0.4, 0.5) is 0 Å². The number of aliphatic carboxylic acids is 1. The molecule has 0 saturated carbocycles. The van der Waals surface area contributed by atoms with E-state index in [2.05, 4.69) is 32.1 Å². The average Bonchev–Trinajstić information content (AvgIpc) is 3.03. The second-order valence-corrected chi connectivity index (χ2v) is 14.2. The molecule has 280 valence electrons. The zero-order valence-corrected chi connectivity index (χ0v) is 31.7. The molecule has 0 aromatic carbocycles. The Morgan fingerprint density at radius 1 is 0.604 bits per heavy atom. The summed E-state index contributed by atoms with van der Waals surface area (Å²) in [5.74, 6) is -1.81. The maximum atomic E-state index is 12.6. The Hall–Kier alpha value is -2.19. The highest BCUT2D eigenvalue weighted by molar-refractivity contribution is 5.70. The van der Waals surface area contributed by atoms with E-state index in [4.69, 9.17) is 14.2 Å². The minimum absolute atomic E-state index is 0.0293. The fourth-order valence-electron chi connectivity index (χ4n) is 5.49. The molecule has 0 amide bonds. The minimum Gasteiger partial charge on any atom is -0.544 e. The predicted molar refractivity (Wildman–Crippen MR) is 194 cm³/mol. The third kappa shape index (κ3) is 29.9. The summed E-state index contributed by atoms with van der Waals surface area (Å²) >= 11 is 0. The van der Waals surface area contributed by atoms with E-state index < -0.39 is 18.1 Å². The van der Waals surface area contributed by atoms with Crippen molar-refractivity contribution in [1.29, 1.82) is 0 Å². The van der Waals surface area contributed by atoms with Gasteiger partial charge in [-0.25, -0.2) is 0 Å². The SMILES string of the molecule is CCCCC/C=C/CCC(=O)OCC(COCCC(C(=O)[O-])[N+](C)(C)C)OC(=O)CCCCCCCCC/C=C/CCCCCCCC. The summed E-state index contributed by atoms with van der Waals surface area (Å²) in [6.45, 7) is 4.54. The van der Waals surface area contributed by atoms with Crippen molar-refractivity contribution in [2.24, 2.45) is 0 Å². The van der Waals surface area contributed by atoms with Crippen LogP contribution in [0.2, 0.25) is 0 Å². The number of ether oxygens (including phenoxy) is 3. The lowest BCUT2D eigenvalue weighted by Gasteiger charge is -2.34. The molecular weight excluding hydrogens is 606 g/mol. The molecule has 2 atom stereocenters. The van der Waals surface area contributed by atoms with Crippen LogP contribution >= 0.6 is 0 Å². The number of allylic oxidation sites excluding steroid dienone is 4. The smallest absolute Gasteiger partial charge is 0.306 e. The van der Waals surface area contributed by atoms with E-state index >= 15 is 0 Å². The first-order valence-electron chi connectivity index (χ1n) is 19.4. The highest BCUT2D eigenvalue weighted by Gasteiger charge is 2.25. The van der Waals surface area contributed by atoms with Crippen molar-refractivity contribution in [2.75, 3.05) is 41.0 Å². The molecule has 48 heavy (non-hydrogen) atoms. The van der Waals surface area contributed by atoms with Crippen molar-refractivity contribution in [3.63, 3.8) is 0 Å². The number of esters is 2. The van der Waals surface area contributed by atoms with E-state index in [1.54, 1.807) is 21.1 Å². The van der Waals surface area contributed by atoms with Gasteiger partial charge < -0.3 is 28.6 Å². The van der Waals surface area contributed by atoms with Crippen molar-refractivity contribution in [1.82, 2.24) is 0 Å². The lowest BCUT2D eigenvalue weighted by molar-refractivity contribution is -0.889. The van der Waals surface area contributed by atoms with E-state index in [1.165, 1.54) is 89.9 Å². The summed E-state index contributed by atoms with van der Waals surface area (Å²) in [5.41, 5.74) is 0. The van der Waals surface area contributed by atoms with Gasteiger partial charge in [0.25, 0.3) is 0 Å². The third-order valence-corrected chi connectivity index (χ3v) is 8.57. The van der Waals surface area contributed by atoms with Gasteiger partial charge in [0.15, 0.2) is 6.10 Å². The van der Waals surface area contributed by atoms with Crippen LogP contribution in [0, 0.1) is 0 Å². The molecule has 0 aromatic heterocycles. The summed E-state index contributed by atoms with van der Waals surface area (Å²) in [7, 11) is 5.38. The molecule has 0 aliphatic rings. The predicted octanol–water partition coefficient (Wildman–Crippen LogP) is 8.41. The molecule has 2 unspecified atom stereocenters. The van der Waals surface area contributed by atoms with Gasteiger partial charge in [0.2, 0.25) is 0 Å². The number of hydrogen-bond acceptors (Lipinski definition) is 7. The van der Waals surface area contributed by atoms with E-state index in [-0.39, 0.29) is 49.1 Å². The van der Waals surface area contributed by atoms with Gasteiger partial charge in [0.05, 0.1) is 40.3 Å². The molecule has 0 saturated heterocycles. The maximum Gasteiger partial charge on any atom is 0.306 e. The first-order chi connectivity index (χ1) is 23.1. The number of rotatable bonds is 34. The lowest BCUT2D eigenvalue weighted by atomic mass is 10.1. The Morgan fingerprint density at radius 2 is 1.08 bits per heavy atom. The van der Waals surface area contributed by atoms with Crippen LogP contribution < -0.4 is 5.11 Å². The number of quaternary nitrogens is 1. The normalized spacial score (nSPS) is 13.3. The molecule has 0 spiro atoms. The van der Waals surface area contributed by atoms with Gasteiger partial charge >= 0.3 is 11.9 Å². The number of hydrogen-bond donors (Lipinski definition) is 0. The fraction of sp³-hybridized carbons (Fsp3) is 0.825. The van der Waals surface area contributed by atoms with Crippen LogP contribution in [0.25, 0.3) is 0 Å². The topological polar surface area (TPSA) is 102 Å². The molecule has 8 heteroatoms. The van der Waals surface area contributed by atoms with Crippen molar-refractivity contribution in [3.05, 3.63) is 24.3 Å². The second-order valence-electron chi connectivity index (χ2n) is 14.2. The highest BCUT2D eigenvalue weighted by atomic mass is 16.6. The molecule has 0 aromatic rings. The molecule has 0 aliphatic heterocycles. The van der Waals surface area contributed by atoms with Crippen LogP contribution in [0.1, 0.15) is 162 Å². The summed E-state index contributed by atoms with van der Waals surface area (Å²) in [5, 5.41) is 11.5. The zero-order valence-electron chi connectivity index (χ0n) is 31.7. The second kappa shape index (κ2) is 32.0. The van der Waals surface area contributed by atoms with Crippen molar-refractivity contribution in [2.45, 2.75) is 174 Å². The number of carbonyl (C=O) groups is 3. The summed E-state index contributed by atoms with van der Waals surface area (Å²) in [6, 6.07) is -0.726. The number of unbranched alkanes of at least 4 members (excludes halogenated alkanes) is 16. The molecule has 0 rings (SSSR count). The molecular formula is C40H73NO7. The van der Waals surface area contributed by atoms with Gasteiger partial charge in [0, 0.05) is 19.3 Å². The molecule has 8 nitrogen and oxygen atoms in total. The van der Waals surface area contributed by atoms with Crippen LogP contribution in [0.5, 0.6) is 0 Å². The van der Waals surface area contributed by atoms with E-state index in [9.17, 15) is 19.5 Å². The van der Waals surface area contributed by atoms with Gasteiger partial charge in [-0.2, -0.15) is 0 Å². The Balaban J connectivity index is 4.35.